The van der Waals surface area contributed by atoms with Crippen LogP contribution in [0.4, 0.5) is 10.5 Å². The molecule has 11 nitrogen and oxygen atoms in total. The highest BCUT2D eigenvalue weighted by Crippen LogP contribution is 2.29. The molecule has 0 saturated heterocycles. The summed E-state index contributed by atoms with van der Waals surface area (Å²) >= 11 is 0. The Morgan fingerprint density at radius 1 is 1.11 bits per heavy atom. The van der Waals surface area contributed by atoms with Gasteiger partial charge in [0.05, 0.1) is 35.3 Å². The second kappa shape index (κ2) is 16.1. The maximum Gasteiger partial charge on any atom is 0.317 e. The molecule has 0 saturated carbocycles. The van der Waals surface area contributed by atoms with Crippen molar-refractivity contribution in [1.29, 1.82) is 0 Å². The van der Waals surface area contributed by atoms with Gasteiger partial charge in [0.15, 0.2) is 0 Å². The van der Waals surface area contributed by atoms with Gasteiger partial charge >= 0.3 is 6.03 Å². The van der Waals surface area contributed by atoms with Crippen molar-refractivity contribution < 1.29 is 32.6 Å². The number of sulfonamides is 1. The highest BCUT2D eigenvalue weighted by Gasteiger charge is 2.31. The number of likely N-dealkylation sites (N-methyl/N-ethyl adjacent to an activating group) is 1. The van der Waals surface area contributed by atoms with E-state index in [4.69, 9.17) is 9.47 Å². The van der Waals surface area contributed by atoms with E-state index < -0.39 is 22.0 Å². The lowest BCUT2D eigenvalue weighted by atomic mass is 10.0. The number of nitrogens with zero attached hydrogens (tertiary/aromatic N) is 2. The van der Waals surface area contributed by atoms with Crippen molar-refractivity contribution in [2.24, 2.45) is 5.92 Å². The summed E-state index contributed by atoms with van der Waals surface area (Å²) in [7, 11) is -2.19. The number of urea groups is 1. The number of nitrogens with one attached hydrogen (secondary N) is 2. The van der Waals surface area contributed by atoms with Gasteiger partial charge < -0.3 is 29.7 Å². The molecule has 0 bridgehead atoms. The second-order valence-corrected chi connectivity index (χ2v) is 13.6. The predicted octanol–water partition coefficient (Wildman–Crippen LogP) is 4.33. The number of aliphatic hydroxyl groups excluding tert-OH is 1. The molecule has 2 aromatic carbocycles. The highest BCUT2D eigenvalue weighted by atomic mass is 32.2. The van der Waals surface area contributed by atoms with Crippen LogP contribution in [0.25, 0.3) is 0 Å². The molecule has 1 aliphatic rings. The van der Waals surface area contributed by atoms with E-state index in [1.54, 1.807) is 54.1 Å². The topological polar surface area (TPSA) is 138 Å². The van der Waals surface area contributed by atoms with E-state index in [2.05, 4.69) is 10.0 Å². The van der Waals surface area contributed by atoms with Crippen LogP contribution in [0.2, 0.25) is 0 Å². The molecule has 0 aromatic heterocycles. The smallest absolute Gasteiger partial charge is 0.317 e. The summed E-state index contributed by atoms with van der Waals surface area (Å²) in [5, 5.41) is 13.0. The van der Waals surface area contributed by atoms with Gasteiger partial charge in [-0.1, -0.05) is 25.1 Å². The summed E-state index contributed by atoms with van der Waals surface area (Å²) in [4.78, 5) is 30.1. The van der Waals surface area contributed by atoms with Crippen LogP contribution in [0.5, 0.6) is 5.75 Å². The molecule has 0 unspecified atom stereocenters. The van der Waals surface area contributed by atoms with Crippen LogP contribution < -0.4 is 14.8 Å². The molecule has 44 heavy (non-hydrogen) atoms. The number of hydrogen-bond donors (Lipinski definition) is 3. The monoisotopic (exact) mass is 632 g/mol. The maximum atomic E-state index is 14.2. The molecule has 1 heterocycles. The minimum atomic E-state index is -3.90. The molecular formula is C32H48N4O7S. The first-order chi connectivity index (χ1) is 20.8. The molecule has 0 radical (unpaired) electrons. The summed E-state index contributed by atoms with van der Waals surface area (Å²) in [5.41, 5.74) is 0.391. The van der Waals surface area contributed by atoms with Gasteiger partial charge in [-0.05, 0) is 77.3 Å². The Balaban J connectivity index is 1.98. The van der Waals surface area contributed by atoms with Gasteiger partial charge in [-0.15, -0.1) is 0 Å². The van der Waals surface area contributed by atoms with Gasteiger partial charge in [-0.3, -0.25) is 9.52 Å². The maximum absolute atomic E-state index is 14.2. The summed E-state index contributed by atoms with van der Waals surface area (Å²) in [5.74, 6) is -0.292. The first kappa shape index (κ1) is 35.1. The van der Waals surface area contributed by atoms with Gasteiger partial charge in [-0.25, -0.2) is 13.2 Å². The molecule has 244 valence electrons. The quantitative estimate of drug-likeness (QED) is 0.394. The fourth-order valence-corrected chi connectivity index (χ4v) is 6.04. The summed E-state index contributed by atoms with van der Waals surface area (Å²) in [6.45, 7) is 10.2. The first-order valence-electron chi connectivity index (χ1n) is 15.3. The Kier molecular flexibility index (Phi) is 12.9. The molecule has 4 atom stereocenters. The number of hydrogen-bond acceptors (Lipinski definition) is 7. The Hall–Kier alpha value is -3.35. The number of ether oxygens (including phenoxy) is 2. The molecule has 0 aliphatic carbocycles. The largest absolute Gasteiger partial charge is 0.490 e. The van der Waals surface area contributed by atoms with E-state index in [9.17, 15) is 23.1 Å². The average Bonchev–Trinajstić information content (AvgIpc) is 2.98. The first-order valence-corrected chi connectivity index (χ1v) is 16.7. The highest BCUT2D eigenvalue weighted by molar-refractivity contribution is 7.92. The van der Waals surface area contributed by atoms with Crippen LogP contribution in [-0.4, -0.2) is 92.9 Å². The second-order valence-electron chi connectivity index (χ2n) is 11.9. The van der Waals surface area contributed by atoms with Crippen molar-refractivity contribution in [3.05, 3.63) is 54.1 Å². The summed E-state index contributed by atoms with van der Waals surface area (Å²) in [6, 6.07) is 11.9. The molecule has 0 spiro atoms. The Morgan fingerprint density at radius 3 is 2.48 bits per heavy atom. The molecule has 12 heteroatoms. The van der Waals surface area contributed by atoms with Crippen LogP contribution in [0.3, 0.4) is 0 Å². The Labute approximate surface area is 262 Å². The molecule has 3 rings (SSSR count). The van der Waals surface area contributed by atoms with Gasteiger partial charge in [0.1, 0.15) is 5.75 Å². The number of benzene rings is 2. The number of anilines is 1. The lowest BCUT2D eigenvalue weighted by Crippen LogP contribution is -2.49. The molecular weight excluding hydrogens is 584 g/mol. The SMILES string of the molecule is CC(C)NC(=O)N(C)C[C@H]1OCCCC[C@@H](C)Oc2ccc(NS(=O)(=O)c3ccccc3)cc2C(=O)N([C@@H](C)CO)C[C@H]1C. The number of rotatable bonds is 8. The molecule has 2 aromatic rings. The fraction of sp³-hybridized carbons (Fsp3) is 0.562. The average molecular weight is 633 g/mol. The van der Waals surface area contributed by atoms with Gasteiger partial charge in [-0.2, -0.15) is 0 Å². The zero-order valence-electron chi connectivity index (χ0n) is 26.7. The van der Waals surface area contributed by atoms with Crippen LogP contribution in [-0.2, 0) is 14.8 Å². The Morgan fingerprint density at radius 2 is 1.82 bits per heavy atom. The third kappa shape index (κ3) is 9.83. The van der Waals surface area contributed by atoms with E-state index in [-0.39, 0.29) is 59.5 Å². The number of aliphatic hydroxyl groups is 1. The zero-order valence-corrected chi connectivity index (χ0v) is 27.5. The normalized spacial score (nSPS) is 21.0. The van der Waals surface area contributed by atoms with Crippen LogP contribution >= 0.6 is 0 Å². The van der Waals surface area contributed by atoms with E-state index in [0.717, 1.165) is 12.8 Å². The van der Waals surface area contributed by atoms with Gasteiger partial charge in [0.2, 0.25) is 0 Å². The number of fused-ring (bicyclic) bond motifs is 1. The van der Waals surface area contributed by atoms with Gasteiger partial charge in [0, 0.05) is 44.4 Å². The zero-order chi connectivity index (χ0) is 32.4. The van der Waals surface area contributed by atoms with E-state index in [1.807, 2.05) is 27.7 Å². The van der Waals surface area contributed by atoms with Crippen LogP contribution in [0.1, 0.15) is 64.2 Å². The molecule has 3 amide bonds. The summed E-state index contributed by atoms with van der Waals surface area (Å²) in [6.07, 6.45) is 1.74. The van der Waals surface area contributed by atoms with Crippen molar-refractivity contribution in [3.8, 4) is 5.75 Å². The van der Waals surface area contributed by atoms with Crippen molar-refractivity contribution in [2.45, 2.75) is 83.1 Å². The van der Waals surface area contributed by atoms with Crippen LogP contribution in [0, 0.1) is 5.92 Å². The van der Waals surface area contributed by atoms with E-state index >= 15 is 0 Å². The van der Waals surface area contributed by atoms with Crippen LogP contribution in [0.15, 0.2) is 53.4 Å². The van der Waals surface area contributed by atoms with Crippen molar-refractivity contribution in [3.63, 3.8) is 0 Å². The summed E-state index contributed by atoms with van der Waals surface area (Å²) < 4.78 is 41.2. The number of amides is 3. The molecule has 1 aliphatic heterocycles. The molecule has 0 fully saturated rings. The predicted molar refractivity (Wildman–Crippen MR) is 170 cm³/mol. The third-order valence-electron chi connectivity index (χ3n) is 7.57. The Bertz CT molecular complexity index is 1340. The lowest BCUT2D eigenvalue weighted by molar-refractivity contribution is -0.0122. The number of carbonyl (C=O) groups is 2. The van der Waals surface area contributed by atoms with Gasteiger partial charge in [0.25, 0.3) is 15.9 Å². The minimum Gasteiger partial charge on any atom is -0.490 e. The fourth-order valence-electron chi connectivity index (χ4n) is 4.97. The number of carbonyl (C=O) groups excluding carboxylic acids is 2. The molecule has 3 N–H and O–H groups in total. The van der Waals surface area contributed by atoms with E-state index in [0.29, 0.717) is 25.3 Å². The lowest BCUT2D eigenvalue weighted by Gasteiger charge is -2.36. The van der Waals surface area contributed by atoms with Crippen molar-refractivity contribution >= 4 is 27.6 Å². The van der Waals surface area contributed by atoms with Crippen molar-refractivity contribution in [1.82, 2.24) is 15.1 Å². The van der Waals surface area contributed by atoms with Crippen molar-refractivity contribution in [2.75, 3.05) is 38.1 Å². The standard InChI is InChI=1S/C32H48N4O7S/c1-22(2)33-32(39)35(6)20-30-23(3)19-36(24(4)21-37)31(38)28-18-26(34-44(40,41)27-13-8-7-9-14-27)15-16-29(28)43-25(5)12-10-11-17-42-30/h7-9,13-16,18,22-25,30,34,37H,10-12,17,19-21H2,1-6H3,(H,33,39)/t23-,24+,25-,30-/m1/s1. The van der Waals surface area contributed by atoms with E-state index in [1.165, 1.54) is 18.2 Å². The third-order valence-corrected chi connectivity index (χ3v) is 8.97. The minimum absolute atomic E-state index is 0.0165.